The van der Waals surface area contributed by atoms with E-state index < -0.39 is 0 Å². The first kappa shape index (κ1) is 9.78. The molecule has 0 radical (unpaired) electrons. The number of halogens is 1. The van der Waals surface area contributed by atoms with E-state index in [-0.39, 0.29) is 5.82 Å². The summed E-state index contributed by atoms with van der Waals surface area (Å²) in [5.74, 6) is 0.493. The standard InChI is InChI=1S/C11H13FO/c1-4-11(13-3)9-6-5-8(2)10(12)7-9/h4-7H,1-3H3/b11-4-. The first-order valence-electron chi connectivity index (χ1n) is 4.16. The number of benzene rings is 1. The molecule has 1 rings (SSSR count). The number of aryl methyl sites for hydroxylation is 1. The second kappa shape index (κ2) is 4.08. The van der Waals surface area contributed by atoms with Crippen LogP contribution < -0.4 is 0 Å². The zero-order valence-corrected chi connectivity index (χ0v) is 8.10. The monoisotopic (exact) mass is 180 g/mol. The molecule has 0 amide bonds. The van der Waals surface area contributed by atoms with Crippen molar-refractivity contribution in [1.29, 1.82) is 0 Å². The van der Waals surface area contributed by atoms with Crippen molar-refractivity contribution in [3.63, 3.8) is 0 Å². The SMILES string of the molecule is C/C=C(\OC)c1ccc(C)c(F)c1. The van der Waals surface area contributed by atoms with E-state index in [1.165, 1.54) is 6.07 Å². The number of rotatable bonds is 2. The van der Waals surface area contributed by atoms with Crippen LogP contribution >= 0.6 is 0 Å². The zero-order valence-electron chi connectivity index (χ0n) is 8.10. The fourth-order valence-corrected chi connectivity index (χ4v) is 1.15. The van der Waals surface area contributed by atoms with Crippen LogP contribution in [0.2, 0.25) is 0 Å². The highest BCUT2D eigenvalue weighted by Crippen LogP contribution is 2.17. The molecule has 0 aliphatic rings. The van der Waals surface area contributed by atoms with E-state index in [2.05, 4.69) is 0 Å². The molecule has 0 unspecified atom stereocenters. The molecular weight excluding hydrogens is 167 g/mol. The number of methoxy groups -OCH3 is 1. The van der Waals surface area contributed by atoms with Crippen molar-refractivity contribution in [3.8, 4) is 0 Å². The third-order valence-corrected chi connectivity index (χ3v) is 1.94. The number of ether oxygens (including phenoxy) is 1. The minimum absolute atomic E-state index is 0.200. The molecule has 0 bridgehead atoms. The highest BCUT2D eigenvalue weighted by Gasteiger charge is 2.03. The molecule has 0 aliphatic heterocycles. The molecule has 0 fully saturated rings. The van der Waals surface area contributed by atoms with Crippen LogP contribution in [0.5, 0.6) is 0 Å². The van der Waals surface area contributed by atoms with Crippen LogP contribution in [-0.2, 0) is 4.74 Å². The summed E-state index contributed by atoms with van der Waals surface area (Å²) >= 11 is 0. The van der Waals surface area contributed by atoms with Crippen LogP contribution in [0.15, 0.2) is 24.3 Å². The van der Waals surface area contributed by atoms with Crippen LogP contribution in [0.4, 0.5) is 4.39 Å². The second-order valence-electron chi connectivity index (χ2n) is 2.82. The van der Waals surface area contributed by atoms with Crippen LogP contribution in [0.25, 0.3) is 5.76 Å². The van der Waals surface area contributed by atoms with Gasteiger partial charge in [0.25, 0.3) is 0 Å². The molecule has 0 spiro atoms. The lowest BCUT2D eigenvalue weighted by atomic mass is 10.1. The highest BCUT2D eigenvalue weighted by molar-refractivity contribution is 5.59. The van der Waals surface area contributed by atoms with Gasteiger partial charge < -0.3 is 4.74 Å². The molecule has 0 aliphatic carbocycles. The van der Waals surface area contributed by atoms with Gasteiger partial charge in [-0.05, 0) is 31.6 Å². The Morgan fingerprint density at radius 3 is 2.62 bits per heavy atom. The van der Waals surface area contributed by atoms with E-state index >= 15 is 0 Å². The van der Waals surface area contributed by atoms with Gasteiger partial charge in [0.1, 0.15) is 11.6 Å². The Morgan fingerprint density at radius 2 is 2.15 bits per heavy atom. The molecule has 2 heteroatoms. The molecule has 0 aromatic heterocycles. The molecule has 0 saturated carbocycles. The molecule has 0 N–H and O–H groups in total. The summed E-state index contributed by atoms with van der Waals surface area (Å²) in [5, 5.41) is 0. The Kier molecular flexibility index (Phi) is 3.07. The molecule has 1 aromatic carbocycles. The quantitative estimate of drug-likeness (QED) is 0.635. The number of hydrogen-bond acceptors (Lipinski definition) is 1. The van der Waals surface area contributed by atoms with Gasteiger partial charge in [-0.2, -0.15) is 0 Å². The Bertz CT molecular complexity index is 329. The van der Waals surface area contributed by atoms with Gasteiger partial charge in [0.2, 0.25) is 0 Å². The third kappa shape index (κ3) is 2.08. The molecule has 70 valence electrons. The molecule has 1 aromatic rings. The maximum atomic E-state index is 13.1. The molecule has 0 heterocycles. The van der Waals surface area contributed by atoms with E-state index in [4.69, 9.17) is 4.74 Å². The molecule has 0 atom stereocenters. The average Bonchev–Trinajstić information content (AvgIpc) is 2.13. The highest BCUT2D eigenvalue weighted by atomic mass is 19.1. The fourth-order valence-electron chi connectivity index (χ4n) is 1.15. The predicted octanol–water partition coefficient (Wildman–Crippen LogP) is 3.14. The Hall–Kier alpha value is -1.31. The summed E-state index contributed by atoms with van der Waals surface area (Å²) in [5.41, 5.74) is 1.42. The Morgan fingerprint density at radius 1 is 1.46 bits per heavy atom. The second-order valence-corrected chi connectivity index (χ2v) is 2.82. The Labute approximate surface area is 77.8 Å². The van der Waals surface area contributed by atoms with E-state index in [0.717, 1.165) is 5.56 Å². The fraction of sp³-hybridized carbons (Fsp3) is 0.273. The van der Waals surface area contributed by atoms with Gasteiger partial charge in [0, 0.05) is 5.56 Å². The lowest BCUT2D eigenvalue weighted by molar-refractivity contribution is 0.369. The van der Waals surface area contributed by atoms with E-state index in [9.17, 15) is 4.39 Å². The smallest absolute Gasteiger partial charge is 0.126 e. The summed E-state index contributed by atoms with van der Waals surface area (Å²) < 4.78 is 18.2. The van der Waals surface area contributed by atoms with Crippen molar-refractivity contribution in [2.75, 3.05) is 7.11 Å². The summed E-state index contributed by atoms with van der Waals surface area (Å²) in [6, 6.07) is 5.07. The van der Waals surface area contributed by atoms with Gasteiger partial charge in [-0.3, -0.25) is 0 Å². The van der Waals surface area contributed by atoms with E-state index in [0.29, 0.717) is 11.3 Å². The summed E-state index contributed by atoms with van der Waals surface area (Å²) in [4.78, 5) is 0. The predicted molar refractivity (Wildman–Crippen MR) is 51.8 cm³/mol. The summed E-state index contributed by atoms with van der Waals surface area (Å²) in [6.07, 6.45) is 1.81. The largest absolute Gasteiger partial charge is 0.496 e. The Balaban J connectivity index is 3.10. The summed E-state index contributed by atoms with van der Waals surface area (Å²) in [6.45, 7) is 3.60. The molecule has 0 saturated heterocycles. The van der Waals surface area contributed by atoms with Crippen molar-refractivity contribution < 1.29 is 9.13 Å². The van der Waals surface area contributed by atoms with Gasteiger partial charge in [-0.15, -0.1) is 0 Å². The molecular formula is C11H13FO. The van der Waals surface area contributed by atoms with Gasteiger partial charge in [0.15, 0.2) is 0 Å². The van der Waals surface area contributed by atoms with E-state index in [1.807, 2.05) is 19.1 Å². The maximum Gasteiger partial charge on any atom is 0.126 e. The van der Waals surface area contributed by atoms with Crippen LogP contribution in [0.3, 0.4) is 0 Å². The van der Waals surface area contributed by atoms with Crippen LogP contribution in [0.1, 0.15) is 18.1 Å². The average molecular weight is 180 g/mol. The van der Waals surface area contributed by atoms with E-state index in [1.54, 1.807) is 20.1 Å². The summed E-state index contributed by atoms with van der Waals surface area (Å²) in [7, 11) is 1.58. The normalized spacial score (nSPS) is 11.5. The minimum atomic E-state index is -0.200. The van der Waals surface area contributed by atoms with Crippen molar-refractivity contribution in [2.24, 2.45) is 0 Å². The van der Waals surface area contributed by atoms with Crippen molar-refractivity contribution in [3.05, 3.63) is 41.2 Å². The number of hydrogen-bond donors (Lipinski definition) is 0. The third-order valence-electron chi connectivity index (χ3n) is 1.94. The van der Waals surface area contributed by atoms with Gasteiger partial charge in [0.05, 0.1) is 7.11 Å². The van der Waals surface area contributed by atoms with Gasteiger partial charge in [-0.25, -0.2) is 4.39 Å². The lowest BCUT2D eigenvalue weighted by Gasteiger charge is -2.06. The van der Waals surface area contributed by atoms with Crippen molar-refractivity contribution in [1.82, 2.24) is 0 Å². The van der Waals surface area contributed by atoms with Gasteiger partial charge >= 0.3 is 0 Å². The van der Waals surface area contributed by atoms with Crippen LogP contribution in [-0.4, -0.2) is 7.11 Å². The first-order valence-corrected chi connectivity index (χ1v) is 4.16. The topological polar surface area (TPSA) is 9.23 Å². The molecule has 13 heavy (non-hydrogen) atoms. The van der Waals surface area contributed by atoms with Gasteiger partial charge in [-0.1, -0.05) is 12.1 Å². The molecule has 1 nitrogen and oxygen atoms in total. The maximum absolute atomic E-state index is 13.1. The minimum Gasteiger partial charge on any atom is -0.496 e. The van der Waals surface area contributed by atoms with Crippen LogP contribution in [0, 0.1) is 12.7 Å². The van der Waals surface area contributed by atoms with Crippen molar-refractivity contribution >= 4 is 5.76 Å². The lowest BCUT2D eigenvalue weighted by Crippen LogP contribution is -1.90. The first-order chi connectivity index (χ1) is 6.19. The van der Waals surface area contributed by atoms with Crippen molar-refractivity contribution in [2.45, 2.75) is 13.8 Å². The zero-order chi connectivity index (χ0) is 9.84. The number of allylic oxidation sites excluding steroid dienone is 1.